The number of hydrogen-bond acceptors (Lipinski definition) is 5. The van der Waals surface area contributed by atoms with Crippen LogP contribution in [0.2, 0.25) is 5.02 Å². The number of nitriles is 1. The van der Waals surface area contributed by atoms with Crippen molar-refractivity contribution in [3.05, 3.63) is 80.8 Å². The second-order valence-corrected chi connectivity index (χ2v) is 6.83. The van der Waals surface area contributed by atoms with Crippen molar-refractivity contribution in [1.29, 1.82) is 5.26 Å². The van der Waals surface area contributed by atoms with E-state index in [-0.39, 0.29) is 16.3 Å². The molecule has 0 fully saturated rings. The first kappa shape index (κ1) is 18.5. The fourth-order valence-corrected chi connectivity index (χ4v) is 3.15. The van der Waals surface area contributed by atoms with Crippen LogP contribution < -0.4 is 0 Å². The summed E-state index contributed by atoms with van der Waals surface area (Å²) in [6.45, 7) is 1.97. The first-order valence-electron chi connectivity index (χ1n) is 8.57. The average Bonchev–Trinajstić information content (AvgIpc) is 3.32. The molecule has 0 amide bonds. The zero-order valence-electron chi connectivity index (χ0n) is 15.1. The van der Waals surface area contributed by atoms with Crippen LogP contribution in [-0.4, -0.2) is 14.9 Å². The summed E-state index contributed by atoms with van der Waals surface area (Å²) in [5.74, 6) is 1.10. The highest BCUT2D eigenvalue weighted by Gasteiger charge is 2.19. The number of aromatic nitrogens is 2. The Bertz CT molecular complexity index is 1330. The fraction of sp³-hybridized carbons (Fsp3) is 0.0476. The number of furan rings is 1. The van der Waals surface area contributed by atoms with Crippen molar-refractivity contribution >= 4 is 40.0 Å². The van der Waals surface area contributed by atoms with Gasteiger partial charge in [0.05, 0.1) is 27.1 Å². The summed E-state index contributed by atoms with van der Waals surface area (Å²) >= 11 is 5.86. The van der Waals surface area contributed by atoms with E-state index < -0.39 is 4.92 Å². The van der Waals surface area contributed by atoms with Crippen LogP contribution in [0.25, 0.3) is 34.0 Å². The number of nitrogens with one attached hydrogen (secondary N) is 1. The highest BCUT2D eigenvalue weighted by molar-refractivity contribution is 6.30. The fourth-order valence-electron chi connectivity index (χ4n) is 2.99. The Balaban J connectivity index is 1.72. The van der Waals surface area contributed by atoms with Crippen molar-refractivity contribution in [2.45, 2.75) is 6.92 Å². The van der Waals surface area contributed by atoms with E-state index in [9.17, 15) is 15.4 Å². The highest BCUT2D eigenvalue weighted by Crippen LogP contribution is 2.34. The van der Waals surface area contributed by atoms with Crippen molar-refractivity contribution in [2.75, 3.05) is 0 Å². The second kappa shape index (κ2) is 7.26. The van der Waals surface area contributed by atoms with Gasteiger partial charge in [0.2, 0.25) is 0 Å². The molecule has 0 aliphatic heterocycles. The number of imidazole rings is 1. The SMILES string of the molecule is Cc1ccc2nc(C(C#N)=Cc3ccc(-c4ccc(Cl)cc4[N+](=O)[O-])o3)[nH]c2c1. The molecular formula is C21H13ClN4O3. The average molecular weight is 405 g/mol. The monoisotopic (exact) mass is 404 g/mol. The van der Waals surface area contributed by atoms with Crippen LogP contribution in [0.4, 0.5) is 5.69 Å². The molecule has 0 saturated heterocycles. The van der Waals surface area contributed by atoms with Crippen LogP contribution in [-0.2, 0) is 0 Å². The molecular weight excluding hydrogens is 392 g/mol. The lowest BCUT2D eigenvalue weighted by Crippen LogP contribution is -1.91. The molecule has 2 aromatic heterocycles. The van der Waals surface area contributed by atoms with E-state index in [1.54, 1.807) is 18.2 Å². The Labute approximate surface area is 170 Å². The molecule has 0 bridgehead atoms. The van der Waals surface area contributed by atoms with Crippen LogP contribution in [0.3, 0.4) is 0 Å². The van der Waals surface area contributed by atoms with Crippen LogP contribution in [0.15, 0.2) is 52.9 Å². The second-order valence-electron chi connectivity index (χ2n) is 6.40. The summed E-state index contributed by atoms with van der Waals surface area (Å²) in [5.41, 5.74) is 3.09. The van der Waals surface area contributed by atoms with Gasteiger partial charge in [-0.1, -0.05) is 17.7 Å². The van der Waals surface area contributed by atoms with Gasteiger partial charge in [0.25, 0.3) is 5.69 Å². The van der Waals surface area contributed by atoms with Gasteiger partial charge in [0.1, 0.15) is 23.4 Å². The molecule has 7 nitrogen and oxygen atoms in total. The van der Waals surface area contributed by atoms with E-state index >= 15 is 0 Å². The minimum absolute atomic E-state index is 0.157. The molecule has 142 valence electrons. The Morgan fingerprint density at radius 2 is 2.10 bits per heavy atom. The molecule has 0 spiro atoms. The van der Waals surface area contributed by atoms with E-state index in [2.05, 4.69) is 16.0 Å². The number of nitrogens with zero attached hydrogens (tertiary/aromatic N) is 3. The Morgan fingerprint density at radius 1 is 1.28 bits per heavy atom. The van der Waals surface area contributed by atoms with E-state index in [1.165, 1.54) is 18.2 Å². The number of allylic oxidation sites excluding steroid dienone is 1. The topological polar surface area (TPSA) is 109 Å². The predicted octanol–water partition coefficient (Wildman–Crippen LogP) is 5.76. The molecule has 0 atom stereocenters. The lowest BCUT2D eigenvalue weighted by Gasteiger charge is -2.00. The minimum Gasteiger partial charge on any atom is -0.456 e. The lowest BCUT2D eigenvalue weighted by molar-refractivity contribution is -0.384. The van der Waals surface area contributed by atoms with Crippen LogP contribution in [0, 0.1) is 28.4 Å². The number of hydrogen-bond donors (Lipinski definition) is 1. The predicted molar refractivity (Wildman–Crippen MR) is 110 cm³/mol. The Morgan fingerprint density at radius 3 is 2.86 bits per heavy atom. The molecule has 2 heterocycles. The molecule has 29 heavy (non-hydrogen) atoms. The molecule has 4 aromatic rings. The number of H-pyrrole nitrogens is 1. The van der Waals surface area contributed by atoms with Gasteiger partial charge in [-0.3, -0.25) is 10.1 Å². The molecule has 0 aliphatic rings. The van der Waals surface area contributed by atoms with Gasteiger partial charge in [-0.25, -0.2) is 4.98 Å². The van der Waals surface area contributed by atoms with Crippen LogP contribution in [0.1, 0.15) is 17.1 Å². The van der Waals surface area contributed by atoms with Crippen molar-refractivity contribution in [2.24, 2.45) is 0 Å². The normalized spacial score (nSPS) is 11.6. The summed E-state index contributed by atoms with van der Waals surface area (Å²) in [6.07, 6.45) is 1.54. The van der Waals surface area contributed by atoms with Crippen LogP contribution in [0.5, 0.6) is 0 Å². The summed E-state index contributed by atoms with van der Waals surface area (Å²) in [6, 6.07) is 15.5. The quantitative estimate of drug-likeness (QED) is 0.264. The number of fused-ring (bicyclic) bond motifs is 1. The van der Waals surface area contributed by atoms with Gasteiger partial charge in [-0.15, -0.1) is 0 Å². The summed E-state index contributed by atoms with van der Waals surface area (Å²) in [7, 11) is 0. The van der Waals surface area contributed by atoms with E-state index in [0.717, 1.165) is 16.6 Å². The van der Waals surface area contributed by atoms with Gasteiger partial charge in [-0.05, 0) is 48.9 Å². The van der Waals surface area contributed by atoms with Crippen molar-refractivity contribution < 1.29 is 9.34 Å². The summed E-state index contributed by atoms with van der Waals surface area (Å²) in [4.78, 5) is 18.4. The molecule has 0 radical (unpaired) electrons. The Hall–Kier alpha value is -3.89. The molecule has 0 saturated carbocycles. The van der Waals surface area contributed by atoms with E-state index in [1.807, 2.05) is 25.1 Å². The van der Waals surface area contributed by atoms with Crippen molar-refractivity contribution in [3.63, 3.8) is 0 Å². The number of nitro groups is 1. The molecule has 1 N–H and O–H groups in total. The third-order valence-electron chi connectivity index (χ3n) is 4.35. The third-order valence-corrected chi connectivity index (χ3v) is 4.58. The zero-order chi connectivity index (χ0) is 20.5. The Kier molecular flexibility index (Phi) is 4.63. The first-order valence-corrected chi connectivity index (χ1v) is 8.95. The number of rotatable bonds is 4. The smallest absolute Gasteiger partial charge is 0.281 e. The minimum atomic E-state index is -0.518. The molecule has 4 rings (SSSR count). The van der Waals surface area contributed by atoms with Gasteiger partial charge in [0.15, 0.2) is 0 Å². The van der Waals surface area contributed by atoms with Crippen molar-refractivity contribution in [3.8, 4) is 17.4 Å². The highest BCUT2D eigenvalue weighted by atomic mass is 35.5. The summed E-state index contributed by atoms with van der Waals surface area (Å²) < 4.78 is 5.73. The third kappa shape index (κ3) is 3.61. The van der Waals surface area contributed by atoms with Crippen molar-refractivity contribution in [1.82, 2.24) is 9.97 Å². The number of halogens is 1. The van der Waals surface area contributed by atoms with Gasteiger partial charge < -0.3 is 9.40 Å². The molecule has 8 heteroatoms. The van der Waals surface area contributed by atoms with Gasteiger partial charge in [0, 0.05) is 17.2 Å². The van der Waals surface area contributed by atoms with E-state index in [4.69, 9.17) is 16.0 Å². The van der Waals surface area contributed by atoms with Gasteiger partial charge in [-0.2, -0.15) is 5.26 Å². The lowest BCUT2D eigenvalue weighted by atomic mass is 10.1. The van der Waals surface area contributed by atoms with Gasteiger partial charge >= 0.3 is 0 Å². The maximum Gasteiger partial charge on any atom is 0.281 e. The molecule has 0 aliphatic carbocycles. The number of aryl methyl sites for hydroxylation is 1. The molecule has 2 aromatic carbocycles. The maximum absolute atomic E-state index is 11.3. The van der Waals surface area contributed by atoms with E-state index in [0.29, 0.717) is 22.9 Å². The largest absolute Gasteiger partial charge is 0.456 e. The van der Waals surface area contributed by atoms with Crippen LogP contribution >= 0.6 is 11.6 Å². The standard InChI is InChI=1S/C21H13ClN4O3/c1-12-2-6-17-18(8-12)25-21(24-17)13(11-23)9-15-4-7-20(29-15)16-5-3-14(22)10-19(16)26(27)28/h2-10H,1H3,(H,24,25). The maximum atomic E-state index is 11.3. The number of aromatic amines is 1. The summed E-state index contributed by atoms with van der Waals surface area (Å²) in [5, 5.41) is 21.1. The zero-order valence-corrected chi connectivity index (χ0v) is 15.9. The number of benzene rings is 2. The molecule has 0 unspecified atom stereocenters. The first-order chi connectivity index (χ1) is 13.9. The number of nitro benzene ring substituents is 1.